The van der Waals surface area contributed by atoms with E-state index in [4.69, 9.17) is 0 Å². The molecule has 0 unspecified atom stereocenters. The highest BCUT2D eigenvalue weighted by Gasteiger charge is 2.24. The van der Waals surface area contributed by atoms with Crippen LogP contribution in [0.3, 0.4) is 0 Å². The quantitative estimate of drug-likeness (QED) is 0.809. The van der Waals surface area contributed by atoms with Crippen molar-refractivity contribution in [2.24, 2.45) is 0 Å². The van der Waals surface area contributed by atoms with Crippen LogP contribution in [0.15, 0.2) is 24.3 Å². The van der Waals surface area contributed by atoms with Gasteiger partial charge in [0.1, 0.15) is 0 Å². The Hall–Kier alpha value is -0.710. The molecule has 1 aliphatic rings. The lowest BCUT2D eigenvalue weighted by molar-refractivity contribution is -0.131. The Kier molecular flexibility index (Phi) is 9.68. The smallest absolute Gasteiger partial charge is 0.232 e. The Bertz CT molecular complexity index is 478. The summed E-state index contributed by atoms with van der Waals surface area (Å²) >= 11 is 1.73. The summed E-state index contributed by atoms with van der Waals surface area (Å²) in [6, 6.07) is 8.98. The zero-order valence-electron chi connectivity index (χ0n) is 14.2. The van der Waals surface area contributed by atoms with E-state index in [0.29, 0.717) is 17.7 Å². The molecule has 1 N–H and O–H groups in total. The number of halogens is 1. The van der Waals surface area contributed by atoms with Crippen LogP contribution in [0.5, 0.6) is 0 Å². The molecule has 1 fully saturated rings. The lowest BCUT2D eigenvalue weighted by atomic mass is 10.0. The molecule has 1 aromatic rings. The van der Waals surface area contributed by atoms with E-state index in [2.05, 4.69) is 48.3 Å². The zero-order chi connectivity index (χ0) is 15.8. The Labute approximate surface area is 151 Å². The Balaban J connectivity index is 0.00000264. The summed E-state index contributed by atoms with van der Waals surface area (Å²) in [5.41, 5.74) is 2.59. The van der Waals surface area contributed by atoms with Gasteiger partial charge in [-0.2, -0.15) is 0 Å². The highest BCUT2D eigenvalue weighted by molar-refractivity contribution is 7.99. The molecule has 1 aliphatic heterocycles. The van der Waals surface area contributed by atoms with Crippen LogP contribution in [0, 0.1) is 6.92 Å². The summed E-state index contributed by atoms with van der Waals surface area (Å²) in [4.78, 5) is 14.7. The number of hydrogen-bond donors (Lipinski definition) is 1. The van der Waals surface area contributed by atoms with Crippen molar-refractivity contribution < 1.29 is 4.79 Å². The van der Waals surface area contributed by atoms with Crippen LogP contribution < -0.4 is 5.32 Å². The van der Waals surface area contributed by atoms with Crippen molar-refractivity contribution >= 4 is 30.1 Å². The monoisotopic (exact) mass is 356 g/mol. The van der Waals surface area contributed by atoms with Gasteiger partial charge in [0, 0.05) is 18.3 Å². The van der Waals surface area contributed by atoms with Gasteiger partial charge in [-0.05, 0) is 44.8 Å². The number of aryl methyl sites for hydroxylation is 1. The van der Waals surface area contributed by atoms with Gasteiger partial charge in [-0.3, -0.25) is 4.79 Å². The fourth-order valence-corrected chi connectivity index (χ4v) is 3.87. The standard InChI is InChI=1S/C18H28N2OS.ClH/c1-3-11-20(17-7-9-19-10-8-17)18(21)14-22-13-16-6-4-5-15(2)12-16;/h4-6,12,17,19H,3,7-11,13-14H2,1-2H3;1H. The summed E-state index contributed by atoms with van der Waals surface area (Å²) in [6.45, 7) is 7.23. The third-order valence-corrected chi connectivity index (χ3v) is 5.10. The average Bonchev–Trinajstić information content (AvgIpc) is 2.53. The van der Waals surface area contributed by atoms with Crippen LogP contribution in [0.2, 0.25) is 0 Å². The molecule has 0 saturated carbocycles. The minimum absolute atomic E-state index is 0. The average molecular weight is 357 g/mol. The number of carbonyl (C=O) groups is 1. The van der Waals surface area contributed by atoms with Crippen molar-refractivity contribution in [3.05, 3.63) is 35.4 Å². The summed E-state index contributed by atoms with van der Waals surface area (Å²) in [7, 11) is 0. The van der Waals surface area contributed by atoms with E-state index >= 15 is 0 Å². The predicted octanol–water partition coefficient (Wildman–Crippen LogP) is 3.64. The molecule has 3 nitrogen and oxygen atoms in total. The molecular formula is C18H29ClN2OS. The van der Waals surface area contributed by atoms with Gasteiger partial charge < -0.3 is 10.2 Å². The molecule has 1 aromatic carbocycles. The molecular weight excluding hydrogens is 328 g/mol. The van der Waals surface area contributed by atoms with Crippen molar-refractivity contribution in [1.29, 1.82) is 0 Å². The minimum atomic E-state index is 0. The van der Waals surface area contributed by atoms with Crippen molar-refractivity contribution in [2.75, 3.05) is 25.4 Å². The van der Waals surface area contributed by atoms with Crippen LogP contribution in [0.4, 0.5) is 0 Å². The second kappa shape index (κ2) is 11.0. The molecule has 1 amide bonds. The number of piperidine rings is 1. The summed E-state index contributed by atoms with van der Waals surface area (Å²) in [5.74, 6) is 1.82. The van der Waals surface area contributed by atoms with Crippen LogP contribution in [-0.4, -0.2) is 42.2 Å². The molecule has 130 valence electrons. The second-order valence-electron chi connectivity index (χ2n) is 6.05. The molecule has 0 aromatic heterocycles. The molecule has 0 spiro atoms. The first-order chi connectivity index (χ1) is 10.7. The largest absolute Gasteiger partial charge is 0.339 e. The normalized spacial score (nSPS) is 15.0. The maximum atomic E-state index is 12.6. The van der Waals surface area contributed by atoms with E-state index in [1.807, 2.05) is 0 Å². The lowest BCUT2D eigenvalue weighted by Gasteiger charge is -2.34. The first-order valence-electron chi connectivity index (χ1n) is 8.34. The number of carbonyl (C=O) groups excluding carboxylic acids is 1. The number of amides is 1. The number of benzene rings is 1. The van der Waals surface area contributed by atoms with E-state index in [-0.39, 0.29) is 12.4 Å². The Morgan fingerprint density at radius 3 is 2.74 bits per heavy atom. The van der Waals surface area contributed by atoms with Gasteiger partial charge in [0.05, 0.1) is 5.75 Å². The van der Waals surface area contributed by atoms with Crippen LogP contribution in [-0.2, 0) is 10.5 Å². The first kappa shape index (κ1) is 20.3. The molecule has 1 saturated heterocycles. The number of thioether (sulfide) groups is 1. The first-order valence-corrected chi connectivity index (χ1v) is 9.49. The number of rotatable bonds is 7. The van der Waals surface area contributed by atoms with Gasteiger partial charge in [-0.15, -0.1) is 24.2 Å². The fourth-order valence-electron chi connectivity index (χ4n) is 3.01. The fraction of sp³-hybridized carbons (Fsp3) is 0.611. The molecule has 5 heteroatoms. The second-order valence-corrected chi connectivity index (χ2v) is 7.04. The van der Waals surface area contributed by atoms with Gasteiger partial charge in [0.15, 0.2) is 0 Å². The van der Waals surface area contributed by atoms with E-state index in [1.165, 1.54) is 11.1 Å². The number of hydrogen-bond acceptors (Lipinski definition) is 3. The van der Waals surface area contributed by atoms with Gasteiger partial charge in [0.2, 0.25) is 5.91 Å². The van der Waals surface area contributed by atoms with Crippen LogP contribution in [0.25, 0.3) is 0 Å². The molecule has 0 aliphatic carbocycles. The van der Waals surface area contributed by atoms with Crippen molar-refractivity contribution in [3.8, 4) is 0 Å². The van der Waals surface area contributed by atoms with E-state index < -0.39 is 0 Å². The molecule has 0 bridgehead atoms. The highest BCUT2D eigenvalue weighted by Crippen LogP contribution is 2.17. The van der Waals surface area contributed by atoms with Crippen molar-refractivity contribution in [1.82, 2.24) is 10.2 Å². The van der Waals surface area contributed by atoms with Crippen LogP contribution >= 0.6 is 24.2 Å². The van der Waals surface area contributed by atoms with Gasteiger partial charge in [0.25, 0.3) is 0 Å². The molecule has 2 rings (SSSR count). The van der Waals surface area contributed by atoms with E-state index in [0.717, 1.165) is 44.6 Å². The maximum absolute atomic E-state index is 12.6. The van der Waals surface area contributed by atoms with Gasteiger partial charge in [-0.25, -0.2) is 0 Å². The minimum Gasteiger partial charge on any atom is -0.339 e. The molecule has 0 radical (unpaired) electrons. The predicted molar refractivity (Wildman–Crippen MR) is 102 cm³/mol. The highest BCUT2D eigenvalue weighted by atomic mass is 35.5. The van der Waals surface area contributed by atoms with E-state index in [9.17, 15) is 4.79 Å². The Morgan fingerprint density at radius 1 is 1.35 bits per heavy atom. The van der Waals surface area contributed by atoms with Crippen molar-refractivity contribution in [3.63, 3.8) is 0 Å². The summed E-state index contributed by atoms with van der Waals surface area (Å²) in [6.07, 6.45) is 3.22. The molecule has 1 heterocycles. The van der Waals surface area contributed by atoms with Crippen molar-refractivity contribution in [2.45, 2.75) is 44.9 Å². The van der Waals surface area contributed by atoms with E-state index in [1.54, 1.807) is 11.8 Å². The molecule has 0 atom stereocenters. The van der Waals surface area contributed by atoms with Gasteiger partial charge >= 0.3 is 0 Å². The molecule has 23 heavy (non-hydrogen) atoms. The topological polar surface area (TPSA) is 32.3 Å². The maximum Gasteiger partial charge on any atom is 0.232 e. The lowest BCUT2D eigenvalue weighted by Crippen LogP contribution is -2.47. The third-order valence-electron chi connectivity index (χ3n) is 4.11. The van der Waals surface area contributed by atoms with Gasteiger partial charge in [-0.1, -0.05) is 36.8 Å². The Morgan fingerprint density at radius 2 is 2.09 bits per heavy atom. The van der Waals surface area contributed by atoms with Crippen LogP contribution in [0.1, 0.15) is 37.3 Å². The summed E-state index contributed by atoms with van der Waals surface area (Å²) in [5, 5.41) is 3.38. The SMILES string of the molecule is CCCN(C(=O)CSCc1cccc(C)c1)C1CCNCC1.Cl. The number of nitrogens with zero attached hydrogens (tertiary/aromatic N) is 1. The third kappa shape index (κ3) is 6.74. The number of nitrogens with one attached hydrogen (secondary N) is 1. The zero-order valence-corrected chi connectivity index (χ0v) is 15.8. The summed E-state index contributed by atoms with van der Waals surface area (Å²) < 4.78 is 0.